The second kappa shape index (κ2) is 8.36. The normalized spacial score (nSPS) is 13.3. The number of hydrogen-bond donors (Lipinski definition) is 1. The number of nitrogens with zero attached hydrogens (tertiary/aromatic N) is 2. The summed E-state index contributed by atoms with van der Waals surface area (Å²) in [7, 11) is 0. The minimum absolute atomic E-state index is 0.153. The van der Waals surface area contributed by atoms with Crippen LogP contribution in [-0.2, 0) is 4.74 Å². The van der Waals surface area contributed by atoms with Crippen LogP contribution in [-0.4, -0.2) is 28.3 Å². The van der Waals surface area contributed by atoms with Gasteiger partial charge in [0.05, 0.1) is 10.7 Å². The zero-order chi connectivity index (χ0) is 19.3. The molecule has 0 saturated heterocycles. The highest BCUT2D eigenvalue weighted by atomic mass is 35.5. The van der Waals surface area contributed by atoms with Crippen molar-refractivity contribution < 1.29 is 14.3 Å². The summed E-state index contributed by atoms with van der Waals surface area (Å²) in [6.45, 7) is 7.85. The molecule has 1 heterocycles. The van der Waals surface area contributed by atoms with Gasteiger partial charge in [0.2, 0.25) is 0 Å². The van der Waals surface area contributed by atoms with Gasteiger partial charge >= 0.3 is 6.09 Å². The van der Waals surface area contributed by atoms with E-state index in [1.165, 1.54) is 0 Å². The van der Waals surface area contributed by atoms with Gasteiger partial charge in [0.25, 0.3) is 0 Å². The first-order valence-electron chi connectivity index (χ1n) is 8.39. The number of ether oxygens (including phenoxy) is 2. The number of halogens is 1. The van der Waals surface area contributed by atoms with Crippen molar-refractivity contribution in [3.63, 3.8) is 0 Å². The lowest BCUT2D eigenvalue weighted by molar-refractivity contribution is -0.0185. The first-order chi connectivity index (χ1) is 12.2. The number of rotatable bonds is 7. The predicted molar refractivity (Wildman–Crippen MR) is 101 cm³/mol. The molecule has 0 saturated carbocycles. The number of hydrogen-bond acceptors (Lipinski definition) is 5. The monoisotopic (exact) mass is 377 g/mol. The minimum atomic E-state index is -0.828. The molecule has 1 unspecified atom stereocenters. The Labute approximate surface area is 158 Å². The molecule has 26 heavy (non-hydrogen) atoms. The Kier molecular flexibility index (Phi) is 6.42. The van der Waals surface area contributed by atoms with Crippen LogP contribution in [0.3, 0.4) is 0 Å². The lowest BCUT2D eigenvalue weighted by Crippen LogP contribution is -2.41. The van der Waals surface area contributed by atoms with Crippen molar-refractivity contribution in [2.75, 3.05) is 6.61 Å². The molecule has 1 amide bonds. The van der Waals surface area contributed by atoms with E-state index in [1.807, 2.05) is 32.9 Å². The first kappa shape index (κ1) is 20.0. The van der Waals surface area contributed by atoms with Gasteiger partial charge in [0.1, 0.15) is 23.8 Å². The van der Waals surface area contributed by atoms with Crippen LogP contribution in [0, 0.1) is 12.8 Å². The Hall–Kier alpha value is -2.34. The summed E-state index contributed by atoms with van der Waals surface area (Å²) in [6, 6.07) is 7.25. The van der Waals surface area contributed by atoms with Gasteiger partial charge in [-0.25, -0.2) is 14.8 Å². The van der Waals surface area contributed by atoms with E-state index in [0.29, 0.717) is 28.9 Å². The summed E-state index contributed by atoms with van der Waals surface area (Å²) in [5.74, 6) is 1.50. The van der Waals surface area contributed by atoms with E-state index in [0.717, 1.165) is 11.3 Å². The largest absolute Gasteiger partial charge is 0.488 e. The van der Waals surface area contributed by atoms with Crippen LogP contribution in [0.1, 0.15) is 33.0 Å². The van der Waals surface area contributed by atoms with E-state index in [4.69, 9.17) is 26.8 Å². The summed E-state index contributed by atoms with van der Waals surface area (Å²) in [4.78, 5) is 19.7. The zero-order valence-corrected chi connectivity index (χ0v) is 16.2. The van der Waals surface area contributed by atoms with Gasteiger partial charge in [0.15, 0.2) is 0 Å². The van der Waals surface area contributed by atoms with Crippen molar-refractivity contribution in [1.82, 2.24) is 9.97 Å². The van der Waals surface area contributed by atoms with Crippen molar-refractivity contribution >= 4 is 17.7 Å². The van der Waals surface area contributed by atoms with Crippen LogP contribution in [0.5, 0.6) is 5.75 Å². The number of benzene rings is 1. The number of amides is 1. The molecule has 0 fully saturated rings. The molecule has 0 radical (unpaired) electrons. The highest BCUT2D eigenvalue weighted by molar-refractivity contribution is 6.32. The van der Waals surface area contributed by atoms with Crippen LogP contribution >= 0.6 is 11.6 Å². The standard InChI is InChI=1S/C19H24ClN3O3/c1-12(2)10-19(4,26-18(21)24)11-25-17-6-5-14(9-15(17)20)16-7-8-22-13(3)23-16/h5-9,12H,10-11H2,1-4H3,(H2,21,24). The molecule has 1 atom stereocenters. The number of aryl methyl sites for hydroxylation is 1. The fraction of sp³-hybridized carbons (Fsp3) is 0.421. The molecule has 140 valence electrons. The highest BCUT2D eigenvalue weighted by Crippen LogP contribution is 2.31. The lowest BCUT2D eigenvalue weighted by atomic mass is 9.95. The fourth-order valence-corrected chi connectivity index (χ4v) is 3.10. The maximum atomic E-state index is 11.2. The maximum Gasteiger partial charge on any atom is 0.405 e. The van der Waals surface area contributed by atoms with E-state index >= 15 is 0 Å². The molecule has 2 N–H and O–H groups in total. The number of primary amides is 1. The van der Waals surface area contributed by atoms with Gasteiger partial charge in [-0.2, -0.15) is 0 Å². The van der Waals surface area contributed by atoms with Crippen molar-refractivity contribution in [1.29, 1.82) is 0 Å². The Morgan fingerprint density at radius 1 is 1.35 bits per heavy atom. The SMILES string of the molecule is Cc1nccc(-c2ccc(OCC(C)(CC(C)C)OC(N)=O)c(Cl)c2)n1. The van der Waals surface area contributed by atoms with E-state index in [2.05, 4.69) is 9.97 Å². The number of nitrogens with two attached hydrogens (primary N) is 1. The fourth-order valence-electron chi connectivity index (χ4n) is 2.86. The quantitative estimate of drug-likeness (QED) is 0.773. The Morgan fingerprint density at radius 3 is 2.65 bits per heavy atom. The van der Waals surface area contributed by atoms with Crippen molar-refractivity contribution in [3.05, 3.63) is 41.3 Å². The average molecular weight is 378 g/mol. The van der Waals surface area contributed by atoms with Crippen LogP contribution < -0.4 is 10.5 Å². The third-order valence-electron chi connectivity index (χ3n) is 3.72. The molecule has 0 spiro atoms. The molecule has 1 aromatic heterocycles. The van der Waals surface area contributed by atoms with E-state index in [9.17, 15) is 4.79 Å². The van der Waals surface area contributed by atoms with Crippen LogP contribution in [0.4, 0.5) is 4.79 Å². The highest BCUT2D eigenvalue weighted by Gasteiger charge is 2.30. The third kappa shape index (κ3) is 5.59. The van der Waals surface area contributed by atoms with Gasteiger partial charge in [0, 0.05) is 11.8 Å². The molecular formula is C19H24ClN3O3. The third-order valence-corrected chi connectivity index (χ3v) is 4.02. The molecular weight excluding hydrogens is 354 g/mol. The molecule has 0 bridgehead atoms. The van der Waals surface area contributed by atoms with Gasteiger partial charge in [-0.15, -0.1) is 0 Å². The van der Waals surface area contributed by atoms with Crippen LogP contribution in [0.2, 0.25) is 5.02 Å². The van der Waals surface area contributed by atoms with Crippen molar-refractivity contribution in [2.45, 2.75) is 39.7 Å². The summed E-state index contributed by atoms with van der Waals surface area (Å²) in [5.41, 5.74) is 6.02. The van der Waals surface area contributed by atoms with Crippen LogP contribution in [0.25, 0.3) is 11.3 Å². The van der Waals surface area contributed by atoms with E-state index < -0.39 is 11.7 Å². The molecule has 2 aromatic rings. The van der Waals surface area contributed by atoms with E-state index in [1.54, 1.807) is 25.3 Å². The van der Waals surface area contributed by atoms with Gasteiger partial charge in [-0.1, -0.05) is 25.4 Å². The predicted octanol–water partition coefficient (Wildman–Crippen LogP) is 4.38. The summed E-state index contributed by atoms with van der Waals surface area (Å²) < 4.78 is 11.1. The van der Waals surface area contributed by atoms with Gasteiger partial charge in [-0.05, 0) is 50.5 Å². The molecule has 0 aliphatic rings. The van der Waals surface area contributed by atoms with Crippen LogP contribution in [0.15, 0.2) is 30.5 Å². The number of carbonyl (C=O) groups excluding carboxylic acids is 1. The molecule has 0 aliphatic carbocycles. The smallest absolute Gasteiger partial charge is 0.405 e. The Balaban J connectivity index is 2.15. The van der Waals surface area contributed by atoms with Gasteiger partial charge in [-0.3, -0.25) is 0 Å². The topological polar surface area (TPSA) is 87.3 Å². The molecule has 0 aliphatic heterocycles. The van der Waals surface area contributed by atoms with Gasteiger partial charge < -0.3 is 15.2 Å². The summed E-state index contributed by atoms with van der Waals surface area (Å²) >= 11 is 6.36. The zero-order valence-electron chi connectivity index (χ0n) is 15.5. The number of aromatic nitrogens is 2. The second-order valence-corrected chi connectivity index (χ2v) is 7.30. The van der Waals surface area contributed by atoms with Crippen molar-refractivity contribution in [2.24, 2.45) is 11.7 Å². The number of carbonyl (C=O) groups is 1. The average Bonchev–Trinajstić information content (AvgIpc) is 2.52. The Bertz CT molecular complexity index is 782. The second-order valence-electron chi connectivity index (χ2n) is 6.89. The lowest BCUT2D eigenvalue weighted by Gasteiger charge is -2.30. The van der Waals surface area contributed by atoms with Crippen molar-refractivity contribution in [3.8, 4) is 17.0 Å². The molecule has 1 aromatic carbocycles. The Morgan fingerprint density at radius 2 is 2.08 bits per heavy atom. The summed E-state index contributed by atoms with van der Waals surface area (Å²) in [5, 5.41) is 0.449. The molecule has 7 heteroatoms. The molecule has 2 rings (SSSR count). The first-order valence-corrected chi connectivity index (χ1v) is 8.77. The van der Waals surface area contributed by atoms with E-state index in [-0.39, 0.29) is 6.61 Å². The summed E-state index contributed by atoms with van der Waals surface area (Å²) in [6.07, 6.45) is 1.50. The molecule has 6 nitrogen and oxygen atoms in total. The maximum absolute atomic E-state index is 11.2. The minimum Gasteiger partial charge on any atom is -0.488 e.